The van der Waals surface area contributed by atoms with Gasteiger partial charge < -0.3 is 4.74 Å². The number of aryl methyl sites for hydroxylation is 1. The lowest BCUT2D eigenvalue weighted by atomic mass is 10.1. The quantitative estimate of drug-likeness (QED) is 0.699. The first-order valence-corrected chi connectivity index (χ1v) is 7.66. The molecule has 0 saturated carbocycles. The number of ketones is 1. The minimum absolute atomic E-state index is 0.0280. The highest BCUT2D eigenvalue weighted by Gasteiger charge is 2.12. The Hall–Kier alpha value is -1.20. The number of pyridine rings is 1. The molecule has 104 valence electrons. The molecule has 0 bridgehead atoms. The average Bonchev–Trinajstić information content (AvgIpc) is 2.45. The third-order valence-corrected chi connectivity index (χ3v) is 3.91. The summed E-state index contributed by atoms with van der Waals surface area (Å²) in [5.74, 6) is 0.845. The van der Waals surface area contributed by atoms with Crippen LogP contribution < -0.4 is 4.74 Å². The largest absolute Gasteiger partial charge is 0.497 e. The molecule has 0 spiro atoms. The fourth-order valence-corrected chi connectivity index (χ4v) is 3.00. The van der Waals surface area contributed by atoms with Crippen LogP contribution in [0.25, 0.3) is 0 Å². The lowest BCUT2D eigenvalue weighted by Gasteiger charge is -2.05. The molecule has 1 heterocycles. The molecule has 3 nitrogen and oxygen atoms in total. The van der Waals surface area contributed by atoms with Gasteiger partial charge in [0.1, 0.15) is 11.4 Å². The van der Waals surface area contributed by atoms with Crippen LogP contribution >= 0.6 is 31.9 Å². The number of carbonyl (C=O) groups is 1. The molecule has 0 atom stereocenters. The van der Waals surface area contributed by atoms with Crippen LogP contribution in [0.5, 0.6) is 5.75 Å². The number of aromatic nitrogens is 1. The molecular weight excluding hydrogens is 386 g/mol. The van der Waals surface area contributed by atoms with Gasteiger partial charge in [-0.3, -0.25) is 9.78 Å². The maximum atomic E-state index is 12.1. The molecule has 0 N–H and O–H groups in total. The second-order valence-corrected chi connectivity index (χ2v) is 6.03. The standard InChI is InChI=1S/C15H13Br2NO2/c1-20-12-5-2-10(3-6-12)4-7-14(19)15-13(17)8-11(16)9-18-15/h2-3,5-6,8-9H,4,7H2,1H3. The molecule has 0 amide bonds. The van der Waals surface area contributed by atoms with Gasteiger partial charge >= 0.3 is 0 Å². The van der Waals surface area contributed by atoms with Crippen molar-refractivity contribution in [2.75, 3.05) is 7.11 Å². The molecule has 0 aliphatic rings. The van der Waals surface area contributed by atoms with E-state index in [1.165, 1.54) is 0 Å². The fourth-order valence-electron chi connectivity index (χ4n) is 1.79. The lowest BCUT2D eigenvalue weighted by Crippen LogP contribution is -2.05. The van der Waals surface area contributed by atoms with Crippen LogP contribution in [0.1, 0.15) is 22.5 Å². The second-order valence-electron chi connectivity index (χ2n) is 4.26. The molecule has 2 aromatic rings. The summed E-state index contributed by atoms with van der Waals surface area (Å²) in [4.78, 5) is 16.3. The minimum Gasteiger partial charge on any atom is -0.497 e. The summed E-state index contributed by atoms with van der Waals surface area (Å²) in [6.07, 6.45) is 2.75. The summed E-state index contributed by atoms with van der Waals surface area (Å²) in [5.41, 5.74) is 1.58. The van der Waals surface area contributed by atoms with E-state index in [4.69, 9.17) is 4.74 Å². The monoisotopic (exact) mass is 397 g/mol. The van der Waals surface area contributed by atoms with Gasteiger partial charge in [-0.25, -0.2) is 0 Å². The Kier molecular flexibility index (Phi) is 5.31. The van der Waals surface area contributed by atoms with Crippen molar-refractivity contribution in [3.63, 3.8) is 0 Å². The van der Waals surface area contributed by atoms with Crippen LogP contribution in [-0.4, -0.2) is 17.9 Å². The Morgan fingerprint density at radius 2 is 1.95 bits per heavy atom. The summed E-state index contributed by atoms with van der Waals surface area (Å²) in [6.45, 7) is 0. The fraction of sp³-hybridized carbons (Fsp3) is 0.200. The van der Waals surface area contributed by atoms with Gasteiger partial charge in [-0.15, -0.1) is 0 Å². The van der Waals surface area contributed by atoms with Crippen LogP contribution in [0, 0.1) is 0 Å². The van der Waals surface area contributed by atoms with E-state index in [9.17, 15) is 4.79 Å². The molecule has 2 rings (SSSR count). The molecule has 0 aliphatic heterocycles. The number of nitrogens with zero attached hydrogens (tertiary/aromatic N) is 1. The first kappa shape index (κ1) is 15.2. The Morgan fingerprint density at radius 3 is 2.55 bits per heavy atom. The molecule has 0 aliphatic carbocycles. The van der Waals surface area contributed by atoms with Crippen molar-refractivity contribution < 1.29 is 9.53 Å². The third-order valence-electron chi connectivity index (χ3n) is 2.87. The maximum Gasteiger partial charge on any atom is 0.182 e. The zero-order chi connectivity index (χ0) is 14.5. The van der Waals surface area contributed by atoms with Gasteiger partial charge in [-0.1, -0.05) is 12.1 Å². The van der Waals surface area contributed by atoms with Crippen LogP contribution in [0.4, 0.5) is 0 Å². The Balaban J connectivity index is 2.00. The van der Waals surface area contributed by atoms with E-state index in [0.29, 0.717) is 23.0 Å². The topological polar surface area (TPSA) is 39.2 Å². The van der Waals surface area contributed by atoms with E-state index >= 15 is 0 Å². The van der Waals surface area contributed by atoms with Crippen molar-refractivity contribution in [2.24, 2.45) is 0 Å². The molecule has 1 aromatic heterocycles. The summed E-state index contributed by atoms with van der Waals surface area (Å²) >= 11 is 6.68. The van der Waals surface area contributed by atoms with E-state index in [2.05, 4.69) is 36.8 Å². The van der Waals surface area contributed by atoms with Crippen molar-refractivity contribution in [1.29, 1.82) is 0 Å². The zero-order valence-electron chi connectivity index (χ0n) is 10.9. The third kappa shape index (κ3) is 3.90. The summed E-state index contributed by atoms with van der Waals surface area (Å²) in [7, 11) is 1.63. The molecule has 1 aromatic carbocycles. The maximum absolute atomic E-state index is 12.1. The van der Waals surface area contributed by atoms with Gasteiger partial charge in [0, 0.05) is 21.6 Å². The number of carbonyl (C=O) groups excluding carboxylic acids is 1. The summed E-state index contributed by atoms with van der Waals surface area (Å²) < 4.78 is 6.66. The number of ether oxygens (including phenoxy) is 1. The minimum atomic E-state index is 0.0280. The van der Waals surface area contributed by atoms with Gasteiger partial charge in [0.05, 0.1) is 7.11 Å². The second kappa shape index (κ2) is 6.99. The number of halogens is 2. The number of methoxy groups -OCH3 is 1. The number of hydrogen-bond acceptors (Lipinski definition) is 3. The lowest BCUT2D eigenvalue weighted by molar-refractivity contribution is 0.0977. The Labute approximate surface area is 134 Å². The number of hydrogen-bond donors (Lipinski definition) is 0. The predicted molar refractivity (Wildman–Crippen MR) is 85.3 cm³/mol. The van der Waals surface area contributed by atoms with Gasteiger partial charge in [0.15, 0.2) is 5.78 Å². The highest BCUT2D eigenvalue weighted by molar-refractivity contribution is 9.11. The van der Waals surface area contributed by atoms with E-state index in [0.717, 1.165) is 15.8 Å². The van der Waals surface area contributed by atoms with Crippen molar-refractivity contribution in [3.8, 4) is 5.75 Å². The molecule has 0 fully saturated rings. The van der Waals surface area contributed by atoms with Gasteiger partial charge in [-0.05, 0) is 62.0 Å². The highest BCUT2D eigenvalue weighted by Crippen LogP contribution is 2.21. The zero-order valence-corrected chi connectivity index (χ0v) is 14.1. The molecule has 0 radical (unpaired) electrons. The first-order valence-electron chi connectivity index (χ1n) is 6.07. The Morgan fingerprint density at radius 1 is 1.25 bits per heavy atom. The Bertz CT molecular complexity index is 612. The van der Waals surface area contributed by atoms with Gasteiger partial charge in [-0.2, -0.15) is 0 Å². The van der Waals surface area contributed by atoms with E-state index in [-0.39, 0.29) is 5.78 Å². The average molecular weight is 399 g/mol. The van der Waals surface area contributed by atoms with E-state index in [1.807, 2.05) is 30.3 Å². The SMILES string of the molecule is COc1ccc(CCC(=O)c2ncc(Br)cc2Br)cc1. The van der Waals surface area contributed by atoms with Crippen LogP contribution in [0.3, 0.4) is 0 Å². The molecule has 5 heteroatoms. The first-order chi connectivity index (χ1) is 9.60. The predicted octanol–water partition coefficient (Wildman–Crippen LogP) is 4.43. The van der Waals surface area contributed by atoms with Crippen molar-refractivity contribution >= 4 is 37.6 Å². The smallest absolute Gasteiger partial charge is 0.182 e. The number of benzene rings is 1. The summed E-state index contributed by atoms with van der Waals surface area (Å²) in [5, 5.41) is 0. The van der Waals surface area contributed by atoms with Crippen LogP contribution in [0.2, 0.25) is 0 Å². The van der Waals surface area contributed by atoms with Gasteiger partial charge in [0.25, 0.3) is 0 Å². The molecule has 20 heavy (non-hydrogen) atoms. The molecule has 0 unspecified atom stereocenters. The van der Waals surface area contributed by atoms with Crippen LogP contribution in [0.15, 0.2) is 45.5 Å². The number of rotatable bonds is 5. The number of Topliss-reactive ketones (excluding diaryl/α,β-unsaturated/α-hetero) is 1. The van der Waals surface area contributed by atoms with Crippen molar-refractivity contribution in [3.05, 3.63) is 56.7 Å². The summed E-state index contributed by atoms with van der Waals surface area (Å²) in [6, 6.07) is 9.56. The van der Waals surface area contributed by atoms with E-state index < -0.39 is 0 Å². The van der Waals surface area contributed by atoms with Crippen LogP contribution in [-0.2, 0) is 6.42 Å². The molecular formula is C15H13Br2NO2. The van der Waals surface area contributed by atoms with Crippen molar-refractivity contribution in [1.82, 2.24) is 4.98 Å². The normalized spacial score (nSPS) is 10.3. The van der Waals surface area contributed by atoms with Gasteiger partial charge in [0.2, 0.25) is 0 Å². The van der Waals surface area contributed by atoms with E-state index in [1.54, 1.807) is 13.3 Å². The molecule has 0 saturated heterocycles. The highest BCUT2D eigenvalue weighted by atomic mass is 79.9. The van der Waals surface area contributed by atoms with Crippen molar-refractivity contribution in [2.45, 2.75) is 12.8 Å².